The van der Waals surface area contributed by atoms with E-state index in [1.165, 1.54) is 29.5 Å². The van der Waals surface area contributed by atoms with E-state index in [0.29, 0.717) is 5.92 Å². The molecule has 0 amide bonds. The first-order valence-corrected chi connectivity index (χ1v) is 5.86. The van der Waals surface area contributed by atoms with Gasteiger partial charge in [0.05, 0.1) is 0 Å². The van der Waals surface area contributed by atoms with Gasteiger partial charge in [0.2, 0.25) is 0 Å². The molecule has 0 nitrogen and oxygen atoms in total. The number of fused-ring (bicyclic) bond motifs is 1. The van der Waals surface area contributed by atoms with E-state index >= 15 is 0 Å². The molecule has 1 aromatic rings. The van der Waals surface area contributed by atoms with Crippen LogP contribution in [0.25, 0.3) is 0 Å². The summed E-state index contributed by atoms with van der Waals surface area (Å²) in [4.78, 5) is 0. The Bertz CT molecular complexity index is 423. The summed E-state index contributed by atoms with van der Waals surface area (Å²) in [6.45, 7) is 7.84. The van der Waals surface area contributed by atoms with Gasteiger partial charge in [-0.1, -0.05) is 61.2 Å². The normalized spacial score (nSPS) is 19.4. The van der Waals surface area contributed by atoms with E-state index in [9.17, 15) is 0 Å². The molecule has 0 radical (unpaired) electrons. The van der Waals surface area contributed by atoms with E-state index in [2.05, 4.69) is 43.5 Å². The van der Waals surface area contributed by atoms with E-state index in [-0.39, 0.29) is 0 Å². The standard InChI is InChI=1S/C16H18/c1-3-4-7-13(2)15-11-10-14-8-5-6-9-16(14)12-15/h3-9,15H,1-2,10-12H2/b7-4-. The maximum absolute atomic E-state index is 4.15. The molecule has 82 valence electrons. The molecule has 0 aromatic heterocycles. The minimum Gasteiger partial charge on any atom is -0.0991 e. The summed E-state index contributed by atoms with van der Waals surface area (Å²) in [6.07, 6.45) is 9.41. The first kappa shape index (κ1) is 10.9. The van der Waals surface area contributed by atoms with E-state index in [4.69, 9.17) is 0 Å². The third-order valence-corrected chi connectivity index (χ3v) is 3.32. The molecule has 1 aliphatic carbocycles. The topological polar surface area (TPSA) is 0 Å². The van der Waals surface area contributed by atoms with E-state index < -0.39 is 0 Å². The van der Waals surface area contributed by atoms with Crippen molar-refractivity contribution >= 4 is 0 Å². The van der Waals surface area contributed by atoms with Crippen LogP contribution in [0.5, 0.6) is 0 Å². The molecule has 16 heavy (non-hydrogen) atoms. The van der Waals surface area contributed by atoms with Crippen molar-refractivity contribution in [1.29, 1.82) is 0 Å². The van der Waals surface area contributed by atoms with Crippen molar-refractivity contribution in [2.24, 2.45) is 5.92 Å². The van der Waals surface area contributed by atoms with Crippen LogP contribution >= 0.6 is 0 Å². The molecule has 1 unspecified atom stereocenters. The van der Waals surface area contributed by atoms with Crippen LogP contribution in [-0.4, -0.2) is 0 Å². The minimum absolute atomic E-state index is 0.603. The first-order chi connectivity index (χ1) is 7.81. The van der Waals surface area contributed by atoms with Crippen molar-refractivity contribution in [2.45, 2.75) is 19.3 Å². The number of benzene rings is 1. The van der Waals surface area contributed by atoms with E-state index in [0.717, 1.165) is 6.42 Å². The lowest BCUT2D eigenvalue weighted by atomic mass is 9.80. The van der Waals surface area contributed by atoms with Gasteiger partial charge in [-0.25, -0.2) is 0 Å². The van der Waals surface area contributed by atoms with Crippen molar-refractivity contribution in [1.82, 2.24) is 0 Å². The highest BCUT2D eigenvalue weighted by atomic mass is 14.2. The van der Waals surface area contributed by atoms with Gasteiger partial charge in [0, 0.05) is 0 Å². The lowest BCUT2D eigenvalue weighted by Crippen LogP contribution is -2.14. The Morgan fingerprint density at radius 2 is 2.00 bits per heavy atom. The summed E-state index contributed by atoms with van der Waals surface area (Å²) in [5.41, 5.74) is 4.24. The zero-order valence-electron chi connectivity index (χ0n) is 9.65. The van der Waals surface area contributed by atoms with Crippen LogP contribution in [0.2, 0.25) is 0 Å². The van der Waals surface area contributed by atoms with Crippen LogP contribution < -0.4 is 0 Å². The monoisotopic (exact) mass is 210 g/mol. The molecule has 0 heteroatoms. The lowest BCUT2D eigenvalue weighted by molar-refractivity contribution is 0.536. The van der Waals surface area contributed by atoms with Crippen molar-refractivity contribution in [3.05, 3.63) is 72.4 Å². The Hall–Kier alpha value is -1.56. The Morgan fingerprint density at radius 3 is 2.75 bits per heavy atom. The van der Waals surface area contributed by atoms with Crippen molar-refractivity contribution in [2.75, 3.05) is 0 Å². The van der Waals surface area contributed by atoms with Gasteiger partial charge in [-0.2, -0.15) is 0 Å². The number of hydrogen-bond donors (Lipinski definition) is 0. The molecule has 0 aliphatic heterocycles. The van der Waals surface area contributed by atoms with Crippen LogP contribution in [0.3, 0.4) is 0 Å². The van der Waals surface area contributed by atoms with Crippen molar-refractivity contribution in [3.63, 3.8) is 0 Å². The zero-order valence-corrected chi connectivity index (χ0v) is 9.65. The molecule has 1 aromatic carbocycles. The summed E-state index contributed by atoms with van der Waals surface area (Å²) >= 11 is 0. The molecule has 2 rings (SSSR count). The SMILES string of the molecule is C=C/C=C\C(=C)C1CCc2ccccc2C1. The van der Waals surface area contributed by atoms with Gasteiger partial charge in [0.15, 0.2) is 0 Å². The van der Waals surface area contributed by atoms with Crippen LogP contribution in [0, 0.1) is 5.92 Å². The fourth-order valence-electron chi connectivity index (χ4n) is 2.34. The summed E-state index contributed by atoms with van der Waals surface area (Å²) in [5.74, 6) is 0.603. The van der Waals surface area contributed by atoms with Gasteiger partial charge >= 0.3 is 0 Å². The molecule has 0 N–H and O–H groups in total. The average molecular weight is 210 g/mol. The summed E-state index contributed by atoms with van der Waals surface area (Å²) in [6, 6.07) is 8.75. The van der Waals surface area contributed by atoms with Gasteiger partial charge in [-0.15, -0.1) is 0 Å². The Labute approximate surface area is 98.0 Å². The second-order valence-corrected chi connectivity index (χ2v) is 4.38. The third kappa shape index (κ3) is 2.33. The smallest absolute Gasteiger partial charge is 0.0124 e. The quantitative estimate of drug-likeness (QED) is 0.659. The fourth-order valence-corrected chi connectivity index (χ4v) is 2.34. The van der Waals surface area contributed by atoms with Crippen LogP contribution in [0.15, 0.2) is 61.2 Å². The molecular weight excluding hydrogens is 192 g/mol. The molecule has 0 heterocycles. The van der Waals surface area contributed by atoms with Gasteiger partial charge in [0.1, 0.15) is 0 Å². The second kappa shape index (κ2) is 4.98. The zero-order chi connectivity index (χ0) is 11.4. The molecule has 1 aliphatic rings. The highest BCUT2D eigenvalue weighted by Crippen LogP contribution is 2.29. The second-order valence-electron chi connectivity index (χ2n) is 4.38. The number of rotatable bonds is 3. The predicted octanol–water partition coefficient (Wildman–Crippen LogP) is 4.09. The Morgan fingerprint density at radius 1 is 1.25 bits per heavy atom. The summed E-state index contributed by atoms with van der Waals surface area (Å²) < 4.78 is 0. The summed E-state index contributed by atoms with van der Waals surface area (Å²) in [7, 11) is 0. The predicted molar refractivity (Wildman–Crippen MR) is 70.4 cm³/mol. The molecule has 0 spiro atoms. The number of aryl methyl sites for hydroxylation is 1. The Balaban J connectivity index is 2.10. The number of hydrogen-bond acceptors (Lipinski definition) is 0. The Kier molecular flexibility index (Phi) is 3.40. The molecule has 0 saturated heterocycles. The molecule has 0 fully saturated rings. The number of allylic oxidation sites excluding steroid dienone is 4. The first-order valence-electron chi connectivity index (χ1n) is 5.86. The molecule has 0 saturated carbocycles. The highest BCUT2D eigenvalue weighted by Gasteiger charge is 2.18. The van der Waals surface area contributed by atoms with Crippen LogP contribution in [0.1, 0.15) is 17.5 Å². The summed E-state index contributed by atoms with van der Waals surface area (Å²) in [5, 5.41) is 0. The molecular formula is C16H18. The maximum Gasteiger partial charge on any atom is -0.0124 e. The largest absolute Gasteiger partial charge is 0.0991 e. The lowest BCUT2D eigenvalue weighted by Gasteiger charge is -2.25. The van der Waals surface area contributed by atoms with Gasteiger partial charge in [-0.05, 0) is 36.3 Å². The van der Waals surface area contributed by atoms with Gasteiger partial charge < -0.3 is 0 Å². The fraction of sp³-hybridized carbons (Fsp3) is 0.250. The minimum atomic E-state index is 0.603. The van der Waals surface area contributed by atoms with Crippen molar-refractivity contribution < 1.29 is 0 Å². The van der Waals surface area contributed by atoms with Crippen LogP contribution in [0.4, 0.5) is 0 Å². The van der Waals surface area contributed by atoms with E-state index in [1.807, 2.05) is 12.2 Å². The molecule has 0 bridgehead atoms. The average Bonchev–Trinajstić information content (AvgIpc) is 2.35. The van der Waals surface area contributed by atoms with Gasteiger partial charge in [-0.3, -0.25) is 0 Å². The molecule has 1 atom stereocenters. The highest BCUT2D eigenvalue weighted by molar-refractivity contribution is 5.33. The van der Waals surface area contributed by atoms with Gasteiger partial charge in [0.25, 0.3) is 0 Å². The van der Waals surface area contributed by atoms with E-state index in [1.54, 1.807) is 0 Å². The third-order valence-electron chi connectivity index (χ3n) is 3.32. The maximum atomic E-state index is 4.15. The van der Waals surface area contributed by atoms with Crippen molar-refractivity contribution in [3.8, 4) is 0 Å². The van der Waals surface area contributed by atoms with Crippen LogP contribution in [-0.2, 0) is 12.8 Å².